The third kappa shape index (κ3) is 7.03. The molecule has 7 nitrogen and oxygen atoms in total. The Morgan fingerprint density at radius 1 is 1.04 bits per heavy atom. The Hall–Kier alpha value is -3.30. The Labute approximate surface area is 294 Å². The summed E-state index contributed by atoms with van der Waals surface area (Å²) in [5, 5.41) is 12.9. The summed E-state index contributed by atoms with van der Waals surface area (Å²) < 4.78 is 44.2. The average molecular weight is 707 g/mol. The zero-order valence-corrected chi connectivity index (χ0v) is 32.1. The third-order valence-corrected chi connectivity index (χ3v) is 16.8. The predicted octanol–water partition coefficient (Wildman–Crippen LogP) is 9.06. The molecular weight excluding hydrogens is 659 g/mol. The number of thioether (sulfide) groups is 1. The van der Waals surface area contributed by atoms with Crippen LogP contribution in [0.15, 0.2) is 29.4 Å². The number of methoxy groups -OCH3 is 1. The lowest BCUT2D eigenvalue weighted by Crippen LogP contribution is -2.46. The van der Waals surface area contributed by atoms with Gasteiger partial charge in [0.2, 0.25) is 0 Å². The Bertz CT molecular complexity index is 1920. The number of aryl methyl sites for hydroxylation is 1. The number of hydrogen-bond acceptors (Lipinski definition) is 8. The SMILES string of the molecule is COCOc1cc(-c2nc(C)c3c(N4CCC[C@@](C)(O)C4)nc(SC)nc3c2F)c2c(C#C[Si](C(C)C)(C(C)C)C(C)C)c(F)ccc2c1. The van der Waals surface area contributed by atoms with E-state index in [-0.39, 0.29) is 23.6 Å². The highest BCUT2D eigenvalue weighted by atomic mass is 32.2. The maximum Gasteiger partial charge on any atom is 0.189 e. The maximum atomic E-state index is 17.2. The van der Waals surface area contributed by atoms with E-state index in [1.165, 1.54) is 24.9 Å². The van der Waals surface area contributed by atoms with Gasteiger partial charge in [0.05, 0.1) is 22.2 Å². The van der Waals surface area contributed by atoms with Gasteiger partial charge in [0.1, 0.15) is 36.7 Å². The van der Waals surface area contributed by atoms with Crippen molar-refractivity contribution < 1.29 is 23.4 Å². The number of β-amino-alcohol motifs (C(OH)–C–C–N with tert-alkyl or cyclic N) is 1. The summed E-state index contributed by atoms with van der Waals surface area (Å²) in [5.41, 5.74) is 5.02. The minimum atomic E-state index is -2.25. The lowest BCUT2D eigenvalue weighted by Gasteiger charge is -2.38. The fraction of sp³-hybridized carbons (Fsp3) is 0.500. The Morgan fingerprint density at radius 3 is 2.35 bits per heavy atom. The number of fused-ring (bicyclic) bond motifs is 2. The van der Waals surface area contributed by atoms with Crippen molar-refractivity contribution in [3.05, 3.63) is 47.2 Å². The highest BCUT2D eigenvalue weighted by molar-refractivity contribution is 7.98. The van der Waals surface area contributed by atoms with E-state index in [2.05, 4.69) is 58.0 Å². The predicted molar refractivity (Wildman–Crippen MR) is 199 cm³/mol. The molecule has 4 aromatic rings. The molecule has 0 bridgehead atoms. The summed E-state index contributed by atoms with van der Waals surface area (Å²) in [6.45, 7) is 17.9. The van der Waals surface area contributed by atoms with Crippen LogP contribution in [0.25, 0.3) is 32.9 Å². The van der Waals surface area contributed by atoms with Gasteiger partial charge in [-0.3, -0.25) is 0 Å². The smallest absolute Gasteiger partial charge is 0.189 e. The van der Waals surface area contributed by atoms with Crippen molar-refractivity contribution in [1.29, 1.82) is 0 Å². The van der Waals surface area contributed by atoms with Gasteiger partial charge in [-0.1, -0.05) is 65.3 Å². The molecule has 1 N–H and O–H groups in total. The first-order valence-corrected chi connectivity index (χ1v) is 20.4. The van der Waals surface area contributed by atoms with Gasteiger partial charge < -0.3 is 19.5 Å². The second-order valence-electron chi connectivity index (χ2n) is 14.3. The number of aliphatic hydroxyl groups is 1. The first-order chi connectivity index (χ1) is 23.1. The van der Waals surface area contributed by atoms with E-state index in [0.29, 0.717) is 80.3 Å². The monoisotopic (exact) mass is 706 g/mol. The van der Waals surface area contributed by atoms with E-state index in [1.807, 2.05) is 18.1 Å². The molecule has 1 aliphatic rings. The van der Waals surface area contributed by atoms with Gasteiger partial charge in [0.25, 0.3) is 0 Å². The van der Waals surface area contributed by atoms with Crippen LogP contribution in [0.4, 0.5) is 14.6 Å². The average Bonchev–Trinajstić information content (AvgIpc) is 3.04. The van der Waals surface area contributed by atoms with E-state index in [0.717, 1.165) is 6.42 Å². The molecule has 2 aromatic carbocycles. The van der Waals surface area contributed by atoms with Crippen molar-refractivity contribution >= 4 is 47.3 Å². The van der Waals surface area contributed by atoms with Gasteiger partial charge in [-0.15, -0.1) is 5.54 Å². The Balaban J connectivity index is 1.85. The number of aromatic nitrogens is 3. The van der Waals surface area contributed by atoms with Crippen molar-refractivity contribution in [2.45, 2.75) is 95.6 Å². The lowest BCUT2D eigenvalue weighted by molar-refractivity contribution is 0.0447. The normalized spacial score (nSPS) is 17.0. The molecule has 49 heavy (non-hydrogen) atoms. The molecule has 0 aliphatic carbocycles. The number of pyridine rings is 1. The molecule has 0 saturated carbocycles. The highest BCUT2D eigenvalue weighted by Gasteiger charge is 2.42. The van der Waals surface area contributed by atoms with Crippen LogP contribution in [0.3, 0.4) is 0 Å². The molecule has 3 heterocycles. The summed E-state index contributed by atoms with van der Waals surface area (Å²) in [6.07, 6.45) is 3.28. The van der Waals surface area contributed by atoms with Crippen molar-refractivity contribution in [3.8, 4) is 28.5 Å². The number of ether oxygens (including phenoxy) is 2. The first kappa shape index (κ1) is 37.0. The van der Waals surface area contributed by atoms with Crippen molar-refractivity contribution in [2.75, 3.05) is 38.1 Å². The fourth-order valence-electron chi connectivity index (χ4n) is 7.74. The molecule has 1 aliphatic heterocycles. The molecule has 1 saturated heterocycles. The van der Waals surface area contributed by atoms with Gasteiger partial charge in [-0.2, -0.15) is 0 Å². The molecule has 11 heteroatoms. The standard InChI is InChI=1S/C38H48F2N4O3SSi/c1-22(2)49(23(3)4,24(5)6)17-14-28-30(39)13-12-26-18-27(47-21-46-9)19-29(32(26)28)34-33(40)35-31(25(7)41-34)36(43-37(42-35)48-10)44-16-11-15-38(8,45)20-44/h12-13,18-19,22-24,45H,11,15-16,20-21H2,1-10H3/t38-/m1/s1. The summed E-state index contributed by atoms with van der Waals surface area (Å²) in [4.78, 5) is 16.3. The lowest BCUT2D eigenvalue weighted by atomic mass is 9.94. The number of anilines is 1. The van der Waals surface area contributed by atoms with Crippen LogP contribution in [0.1, 0.15) is 72.6 Å². The van der Waals surface area contributed by atoms with Gasteiger partial charge in [-0.25, -0.2) is 23.7 Å². The van der Waals surface area contributed by atoms with Crippen LogP contribution in [0.5, 0.6) is 5.75 Å². The highest BCUT2D eigenvalue weighted by Crippen LogP contribution is 2.43. The number of hydrogen-bond donors (Lipinski definition) is 1. The number of rotatable bonds is 9. The second kappa shape index (κ2) is 14.5. The molecule has 0 unspecified atom stereocenters. The fourth-order valence-corrected chi connectivity index (χ4v) is 13.3. The van der Waals surface area contributed by atoms with Crippen molar-refractivity contribution in [3.63, 3.8) is 0 Å². The molecule has 262 valence electrons. The van der Waals surface area contributed by atoms with Gasteiger partial charge >= 0.3 is 0 Å². The maximum absolute atomic E-state index is 17.2. The summed E-state index contributed by atoms with van der Waals surface area (Å²) in [5.74, 6) is 3.17. The van der Waals surface area contributed by atoms with Crippen LogP contribution < -0.4 is 9.64 Å². The zero-order chi connectivity index (χ0) is 35.8. The van der Waals surface area contributed by atoms with Gasteiger partial charge in [0, 0.05) is 31.1 Å². The number of benzene rings is 2. The molecule has 1 atom stereocenters. The number of piperidine rings is 1. The Kier molecular flexibility index (Phi) is 10.9. The minimum absolute atomic E-state index is 0.0222. The third-order valence-electron chi connectivity index (χ3n) is 9.99. The molecule has 2 aromatic heterocycles. The van der Waals surface area contributed by atoms with E-state index < -0.39 is 25.3 Å². The largest absolute Gasteiger partial charge is 0.468 e. The van der Waals surface area contributed by atoms with Crippen LogP contribution >= 0.6 is 11.8 Å². The van der Waals surface area contributed by atoms with Crippen LogP contribution in [0, 0.1) is 30.0 Å². The van der Waals surface area contributed by atoms with E-state index in [4.69, 9.17) is 19.4 Å². The van der Waals surface area contributed by atoms with E-state index in [1.54, 1.807) is 25.1 Å². The molecule has 0 radical (unpaired) electrons. The molecule has 5 rings (SSSR count). The topological polar surface area (TPSA) is 80.6 Å². The second-order valence-corrected chi connectivity index (χ2v) is 20.7. The molecule has 0 amide bonds. The summed E-state index contributed by atoms with van der Waals surface area (Å²) in [6, 6.07) is 6.55. The van der Waals surface area contributed by atoms with Gasteiger partial charge in [-0.05, 0) is 73.2 Å². The quantitative estimate of drug-likeness (QED) is 0.0608. The van der Waals surface area contributed by atoms with Gasteiger partial charge in [0.15, 0.2) is 17.8 Å². The molecule has 0 spiro atoms. The molecule has 1 fully saturated rings. The van der Waals surface area contributed by atoms with Crippen LogP contribution in [0.2, 0.25) is 16.6 Å². The summed E-state index contributed by atoms with van der Waals surface area (Å²) >= 11 is 1.32. The first-order valence-electron chi connectivity index (χ1n) is 17.0. The number of nitrogens with zero attached hydrogens (tertiary/aromatic N) is 4. The zero-order valence-electron chi connectivity index (χ0n) is 30.3. The molecular formula is C38H48F2N4O3SSi. The van der Waals surface area contributed by atoms with Crippen molar-refractivity contribution in [2.24, 2.45) is 0 Å². The Morgan fingerprint density at radius 2 is 1.73 bits per heavy atom. The minimum Gasteiger partial charge on any atom is -0.468 e. The number of halogens is 2. The van der Waals surface area contributed by atoms with Crippen LogP contribution in [-0.2, 0) is 4.74 Å². The van der Waals surface area contributed by atoms with E-state index in [9.17, 15) is 5.11 Å². The van der Waals surface area contributed by atoms with Crippen LogP contribution in [-0.4, -0.2) is 67.0 Å². The summed E-state index contributed by atoms with van der Waals surface area (Å²) in [7, 11) is -0.723. The van der Waals surface area contributed by atoms with E-state index >= 15 is 8.78 Å². The van der Waals surface area contributed by atoms with Crippen molar-refractivity contribution in [1.82, 2.24) is 15.0 Å².